The quantitative estimate of drug-likeness (QED) is 0.479. The summed E-state index contributed by atoms with van der Waals surface area (Å²) in [5, 5.41) is 10.6. The fraction of sp³-hybridized carbons (Fsp3) is 0.700. The van der Waals surface area contributed by atoms with Crippen molar-refractivity contribution in [2.75, 3.05) is 6.61 Å². The number of halogens is 1. The van der Waals surface area contributed by atoms with Crippen LogP contribution in [0.2, 0.25) is 18.1 Å². The van der Waals surface area contributed by atoms with E-state index in [0.29, 0.717) is 0 Å². The average molecular weight is 415 g/mol. The average Bonchev–Trinajstić information content (AvgIpc) is 2.44. The van der Waals surface area contributed by atoms with Crippen molar-refractivity contribution < 1.29 is 9.53 Å². The van der Waals surface area contributed by atoms with Crippen molar-refractivity contribution in [1.29, 1.82) is 0 Å². The van der Waals surface area contributed by atoms with E-state index < -0.39 is 8.32 Å². The molecule has 1 aromatic rings. The maximum absolute atomic E-state index is 10.4. The molecule has 0 amide bonds. The molecule has 0 heterocycles. The first-order valence-corrected chi connectivity index (χ1v) is 12.6. The molecule has 0 aliphatic heterocycles. The van der Waals surface area contributed by atoms with E-state index in [0.717, 1.165) is 35.9 Å². The number of hydrogen-bond donors (Lipinski definition) is 1. The van der Waals surface area contributed by atoms with Crippen molar-refractivity contribution in [3.8, 4) is 0 Å². The van der Waals surface area contributed by atoms with Gasteiger partial charge in [-0.2, -0.15) is 0 Å². The van der Waals surface area contributed by atoms with Crippen LogP contribution < -0.4 is 0 Å². The Kier molecular flexibility index (Phi) is 7.73. The largest absolute Gasteiger partial charge is 0.416 e. The molecule has 2 nitrogen and oxygen atoms in total. The summed E-state index contributed by atoms with van der Waals surface area (Å²) in [7, 11) is -1.69. The van der Waals surface area contributed by atoms with Gasteiger partial charge in [0.1, 0.15) is 0 Å². The molecule has 0 radical (unpaired) electrons. The van der Waals surface area contributed by atoms with Crippen LogP contribution in [0.3, 0.4) is 0 Å². The summed E-state index contributed by atoms with van der Waals surface area (Å²) < 4.78 is 7.40. The van der Waals surface area contributed by atoms with Gasteiger partial charge in [0.05, 0.1) is 6.10 Å². The topological polar surface area (TPSA) is 29.5 Å². The van der Waals surface area contributed by atoms with Gasteiger partial charge in [-0.15, -0.1) is 0 Å². The Balaban J connectivity index is 2.45. The van der Waals surface area contributed by atoms with Crippen LogP contribution in [0.1, 0.15) is 65.5 Å². The Hall–Kier alpha value is -0.163. The molecule has 0 fully saturated rings. The maximum Gasteiger partial charge on any atom is 0.192 e. The second kappa shape index (κ2) is 8.48. The van der Waals surface area contributed by atoms with Gasteiger partial charge in [0.15, 0.2) is 8.32 Å². The normalized spacial score (nSPS) is 14.7. The zero-order valence-electron chi connectivity index (χ0n) is 16.4. The lowest BCUT2D eigenvalue weighted by molar-refractivity contribution is 0.130. The summed E-state index contributed by atoms with van der Waals surface area (Å²) in [6.07, 6.45) is 2.47. The fourth-order valence-electron chi connectivity index (χ4n) is 2.32. The first kappa shape index (κ1) is 21.9. The van der Waals surface area contributed by atoms with E-state index in [1.807, 2.05) is 24.3 Å². The summed E-state index contributed by atoms with van der Waals surface area (Å²) >= 11 is 3.46. The van der Waals surface area contributed by atoms with Crippen LogP contribution in [-0.2, 0) is 4.43 Å². The molecule has 4 heteroatoms. The Morgan fingerprint density at radius 1 is 1.17 bits per heavy atom. The van der Waals surface area contributed by atoms with Gasteiger partial charge in [0.25, 0.3) is 0 Å². The fourth-order valence-corrected chi connectivity index (χ4v) is 3.92. The molecule has 0 aliphatic rings. The lowest BCUT2D eigenvalue weighted by Gasteiger charge is -2.39. The van der Waals surface area contributed by atoms with Gasteiger partial charge in [0, 0.05) is 11.1 Å². The number of aliphatic hydroxyl groups is 1. The van der Waals surface area contributed by atoms with Gasteiger partial charge in [-0.25, -0.2) is 0 Å². The standard InChI is InChI=1S/C20H35BrO2Si/c1-19(2,3)24(6,7)23-15-20(4,5)13-9-12-18(22)16-10-8-11-17(21)14-16/h8,10-11,14,18,22H,9,12-13,15H2,1-7H3. The smallest absolute Gasteiger partial charge is 0.192 e. The van der Waals surface area contributed by atoms with Gasteiger partial charge >= 0.3 is 0 Å². The first-order valence-electron chi connectivity index (χ1n) is 8.92. The highest BCUT2D eigenvalue weighted by Gasteiger charge is 2.38. The van der Waals surface area contributed by atoms with Crippen LogP contribution in [0.25, 0.3) is 0 Å². The van der Waals surface area contributed by atoms with Gasteiger partial charge < -0.3 is 9.53 Å². The van der Waals surface area contributed by atoms with Crippen LogP contribution in [-0.4, -0.2) is 20.0 Å². The van der Waals surface area contributed by atoms with Crippen molar-refractivity contribution in [2.45, 2.75) is 78.1 Å². The van der Waals surface area contributed by atoms with Crippen molar-refractivity contribution >= 4 is 24.2 Å². The number of hydrogen-bond acceptors (Lipinski definition) is 2. The molecule has 1 unspecified atom stereocenters. The third-order valence-electron chi connectivity index (χ3n) is 5.19. The Labute approximate surface area is 158 Å². The van der Waals surface area contributed by atoms with Crippen LogP contribution in [0.4, 0.5) is 0 Å². The minimum absolute atomic E-state index is 0.145. The molecule has 0 saturated heterocycles. The van der Waals surface area contributed by atoms with E-state index in [-0.39, 0.29) is 16.6 Å². The van der Waals surface area contributed by atoms with E-state index in [2.05, 4.69) is 63.6 Å². The van der Waals surface area contributed by atoms with Crippen molar-refractivity contribution in [3.63, 3.8) is 0 Å². The molecule has 0 aliphatic carbocycles. The van der Waals surface area contributed by atoms with Crippen LogP contribution >= 0.6 is 15.9 Å². The number of rotatable bonds is 8. The molecule has 1 N–H and O–H groups in total. The number of benzene rings is 1. The van der Waals surface area contributed by atoms with Gasteiger partial charge in [-0.3, -0.25) is 0 Å². The van der Waals surface area contributed by atoms with E-state index in [9.17, 15) is 5.11 Å². The predicted molar refractivity (Wildman–Crippen MR) is 110 cm³/mol. The van der Waals surface area contributed by atoms with Crippen molar-refractivity contribution in [1.82, 2.24) is 0 Å². The maximum atomic E-state index is 10.4. The Morgan fingerprint density at radius 3 is 2.33 bits per heavy atom. The Morgan fingerprint density at radius 2 is 1.79 bits per heavy atom. The van der Waals surface area contributed by atoms with Gasteiger partial charge in [-0.1, -0.05) is 62.7 Å². The molecule has 1 aromatic carbocycles. The molecule has 24 heavy (non-hydrogen) atoms. The highest BCUT2D eigenvalue weighted by atomic mass is 79.9. The van der Waals surface area contributed by atoms with Crippen molar-refractivity contribution in [2.24, 2.45) is 5.41 Å². The highest BCUT2D eigenvalue weighted by Crippen LogP contribution is 2.38. The van der Waals surface area contributed by atoms with E-state index in [4.69, 9.17) is 4.43 Å². The second-order valence-corrected chi connectivity index (χ2v) is 14.9. The van der Waals surface area contributed by atoms with Crippen LogP contribution in [0.5, 0.6) is 0 Å². The monoisotopic (exact) mass is 414 g/mol. The van der Waals surface area contributed by atoms with E-state index in [1.54, 1.807) is 0 Å². The first-order chi connectivity index (χ1) is 10.8. The summed E-state index contributed by atoms with van der Waals surface area (Å²) in [6, 6.07) is 7.94. The molecule has 0 bridgehead atoms. The lowest BCUT2D eigenvalue weighted by Crippen LogP contribution is -2.43. The summed E-state index contributed by atoms with van der Waals surface area (Å²) in [4.78, 5) is 0. The highest BCUT2D eigenvalue weighted by molar-refractivity contribution is 9.10. The zero-order valence-corrected chi connectivity index (χ0v) is 19.0. The third kappa shape index (κ3) is 6.99. The van der Waals surface area contributed by atoms with Crippen LogP contribution in [0.15, 0.2) is 28.7 Å². The number of aliphatic hydroxyl groups excluding tert-OH is 1. The van der Waals surface area contributed by atoms with Gasteiger partial charge in [-0.05, 0) is 60.5 Å². The Bertz CT molecular complexity index is 521. The molecule has 1 rings (SSSR count). The minimum Gasteiger partial charge on any atom is -0.416 e. The summed E-state index contributed by atoms with van der Waals surface area (Å²) in [5.74, 6) is 0. The van der Waals surface area contributed by atoms with E-state index in [1.165, 1.54) is 0 Å². The summed E-state index contributed by atoms with van der Waals surface area (Å²) in [6.45, 7) is 16.8. The lowest BCUT2D eigenvalue weighted by atomic mass is 9.87. The molecular weight excluding hydrogens is 380 g/mol. The SMILES string of the molecule is CC(C)(CCCC(O)c1cccc(Br)c1)CO[Si](C)(C)C(C)(C)C. The second-order valence-electron chi connectivity index (χ2n) is 9.18. The molecule has 0 spiro atoms. The molecule has 0 aromatic heterocycles. The molecule has 1 atom stereocenters. The third-order valence-corrected chi connectivity index (χ3v) is 10.2. The zero-order chi connectivity index (χ0) is 18.6. The van der Waals surface area contributed by atoms with Gasteiger partial charge in [0.2, 0.25) is 0 Å². The molecule has 138 valence electrons. The van der Waals surface area contributed by atoms with Crippen molar-refractivity contribution in [3.05, 3.63) is 34.3 Å². The van der Waals surface area contributed by atoms with E-state index >= 15 is 0 Å². The van der Waals surface area contributed by atoms with Crippen LogP contribution in [0, 0.1) is 5.41 Å². The summed E-state index contributed by atoms with van der Waals surface area (Å²) in [5.41, 5.74) is 1.13. The molecule has 0 saturated carbocycles. The predicted octanol–water partition coefficient (Wildman–Crippen LogP) is 6.70. The minimum atomic E-state index is -1.69. The molecular formula is C20H35BrO2Si.